The van der Waals surface area contributed by atoms with E-state index in [-0.39, 0.29) is 16.0 Å². The van der Waals surface area contributed by atoms with Crippen LogP contribution < -0.4 is 20.1 Å². The maximum Gasteiger partial charge on any atom is 0.255 e. The molecule has 0 saturated carbocycles. The molecule has 156 valence electrons. The number of ether oxygens (including phenoxy) is 2. The minimum Gasteiger partial charge on any atom is -0.493 e. The molecule has 6 nitrogen and oxygen atoms in total. The van der Waals surface area contributed by atoms with Crippen LogP contribution in [-0.4, -0.2) is 32.1 Å². The van der Waals surface area contributed by atoms with Crippen LogP contribution >= 0.6 is 23.2 Å². The minimum atomic E-state index is -0.397. The fourth-order valence-corrected chi connectivity index (χ4v) is 3.04. The summed E-state index contributed by atoms with van der Waals surface area (Å²) in [6.07, 6.45) is 1.64. The van der Waals surface area contributed by atoms with Crippen molar-refractivity contribution in [1.29, 1.82) is 0 Å². The first-order valence-corrected chi connectivity index (χ1v) is 10.1. The van der Waals surface area contributed by atoms with E-state index in [1.54, 1.807) is 18.2 Å². The Morgan fingerprint density at radius 1 is 1.00 bits per heavy atom. The number of benzene rings is 2. The maximum atomic E-state index is 12.6. The first-order chi connectivity index (χ1) is 13.9. The summed E-state index contributed by atoms with van der Waals surface area (Å²) < 4.78 is 10.9. The number of anilines is 1. The summed E-state index contributed by atoms with van der Waals surface area (Å²) in [5.41, 5.74) is 1.10. The second kappa shape index (κ2) is 10.9. The Bertz CT molecular complexity index is 887. The van der Waals surface area contributed by atoms with Crippen molar-refractivity contribution in [3.63, 3.8) is 0 Å². The van der Waals surface area contributed by atoms with Crippen LogP contribution in [0.25, 0.3) is 0 Å². The number of nitrogens with one attached hydrogen (secondary N) is 2. The van der Waals surface area contributed by atoms with E-state index in [1.165, 1.54) is 19.2 Å². The highest BCUT2D eigenvalue weighted by atomic mass is 35.5. The van der Waals surface area contributed by atoms with E-state index in [0.29, 0.717) is 41.5 Å². The Kier molecular flexibility index (Phi) is 8.61. The van der Waals surface area contributed by atoms with Crippen molar-refractivity contribution in [1.82, 2.24) is 5.32 Å². The average molecular weight is 439 g/mol. The highest BCUT2D eigenvalue weighted by molar-refractivity contribution is 6.34. The molecule has 2 rings (SSSR count). The Balaban J connectivity index is 2.18. The van der Waals surface area contributed by atoms with Crippen LogP contribution in [-0.2, 0) is 0 Å². The van der Waals surface area contributed by atoms with Gasteiger partial charge in [0.05, 0.1) is 29.3 Å². The van der Waals surface area contributed by atoms with Gasteiger partial charge in [-0.1, -0.05) is 37.0 Å². The molecule has 0 atom stereocenters. The Hall–Kier alpha value is -2.44. The predicted octanol–water partition coefficient (Wildman–Crippen LogP) is 5.18. The van der Waals surface area contributed by atoms with Crippen molar-refractivity contribution in [2.75, 3.05) is 25.6 Å². The molecule has 2 aromatic carbocycles. The summed E-state index contributed by atoms with van der Waals surface area (Å²) >= 11 is 12.5. The fourth-order valence-electron chi connectivity index (χ4n) is 2.51. The van der Waals surface area contributed by atoms with E-state index in [1.807, 2.05) is 13.8 Å². The molecule has 0 unspecified atom stereocenters. The molecule has 8 heteroatoms. The zero-order valence-electron chi connectivity index (χ0n) is 16.6. The SMILES string of the molecule is CCCNC(=O)c1ccc(NC(=O)c2cc(Cl)c(OCCC)c(OC)c2)cc1Cl. The number of hydrogen-bond donors (Lipinski definition) is 2. The lowest BCUT2D eigenvalue weighted by Gasteiger charge is -2.14. The quantitative estimate of drug-likeness (QED) is 0.564. The molecule has 0 spiro atoms. The second-order valence-corrected chi connectivity index (χ2v) is 7.06. The molecule has 2 amide bonds. The molecule has 0 bridgehead atoms. The zero-order valence-corrected chi connectivity index (χ0v) is 18.1. The molecule has 0 aromatic heterocycles. The Morgan fingerprint density at radius 3 is 2.38 bits per heavy atom. The third-order valence-electron chi connectivity index (χ3n) is 3.95. The van der Waals surface area contributed by atoms with Gasteiger partial charge in [-0.15, -0.1) is 0 Å². The van der Waals surface area contributed by atoms with E-state index in [0.717, 1.165) is 12.8 Å². The van der Waals surface area contributed by atoms with Crippen molar-refractivity contribution in [2.45, 2.75) is 26.7 Å². The van der Waals surface area contributed by atoms with E-state index in [4.69, 9.17) is 32.7 Å². The molecular weight excluding hydrogens is 415 g/mol. The largest absolute Gasteiger partial charge is 0.493 e. The molecule has 2 N–H and O–H groups in total. The molecule has 0 aliphatic rings. The number of hydrogen-bond acceptors (Lipinski definition) is 4. The average Bonchev–Trinajstić information content (AvgIpc) is 2.70. The van der Waals surface area contributed by atoms with E-state index in [9.17, 15) is 9.59 Å². The van der Waals surface area contributed by atoms with Crippen LogP contribution in [0.1, 0.15) is 47.4 Å². The molecule has 29 heavy (non-hydrogen) atoms. The van der Waals surface area contributed by atoms with Crippen LogP contribution in [0.3, 0.4) is 0 Å². The molecular formula is C21H24Cl2N2O4. The number of rotatable bonds is 9. The van der Waals surface area contributed by atoms with Crippen molar-refractivity contribution in [2.24, 2.45) is 0 Å². The third kappa shape index (κ3) is 6.02. The first-order valence-electron chi connectivity index (χ1n) is 9.30. The van der Waals surface area contributed by atoms with Gasteiger partial charge in [0.2, 0.25) is 0 Å². The van der Waals surface area contributed by atoms with Gasteiger partial charge in [0.1, 0.15) is 0 Å². The standard InChI is InChI=1S/C21H24Cl2N2O4/c1-4-8-24-21(27)15-7-6-14(12-16(15)22)25-20(26)13-10-17(23)19(29-9-5-2)18(11-13)28-3/h6-7,10-12H,4-5,8-9H2,1-3H3,(H,24,27)(H,25,26). The van der Waals surface area contributed by atoms with E-state index in [2.05, 4.69) is 10.6 Å². The minimum absolute atomic E-state index is 0.246. The van der Waals surface area contributed by atoms with Gasteiger partial charge in [-0.2, -0.15) is 0 Å². The normalized spacial score (nSPS) is 10.4. The summed E-state index contributed by atoms with van der Waals surface area (Å²) in [5, 5.41) is 6.03. The number of carbonyl (C=O) groups excluding carboxylic acids is 2. The molecule has 0 radical (unpaired) electrons. The summed E-state index contributed by atoms with van der Waals surface area (Å²) in [5.74, 6) is 0.121. The molecule has 0 saturated heterocycles. The van der Waals surface area contributed by atoms with Gasteiger partial charge < -0.3 is 20.1 Å². The van der Waals surface area contributed by atoms with Gasteiger partial charge >= 0.3 is 0 Å². The number of amides is 2. The summed E-state index contributed by atoms with van der Waals surface area (Å²) in [6, 6.07) is 7.78. The smallest absolute Gasteiger partial charge is 0.255 e. The van der Waals surface area contributed by atoms with Gasteiger partial charge in [0.15, 0.2) is 11.5 Å². The number of methoxy groups -OCH3 is 1. The third-order valence-corrected chi connectivity index (χ3v) is 4.54. The fraction of sp³-hybridized carbons (Fsp3) is 0.333. The molecule has 0 fully saturated rings. The summed E-state index contributed by atoms with van der Waals surface area (Å²) in [7, 11) is 1.48. The maximum absolute atomic E-state index is 12.6. The highest BCUT2D eigenvalue weighted by Gasteiger charge is 2.17. The summed E-state index contributed by atoms with van der Waals surface area (Å²) in [4.78, 5) is 24.7. The predicted molar refractivity (Wildman–Crippen MR) is 116 cm³/mol. The second-order valence-electron chi connectivity index (χ2n) is 6.24. The van der Waals surface area contributed by atoms with Gasteiger partial charge in [0, 0.05) is 17.8 Å². The van der Waals surface area contributed by atoms with E-state index >= 15 is 0 Å². The van der Waals surface area contributed by atoms with Crippen LogP contribution in [0.5, 0.6) is 11.5 Å². The number of halogens is 2. The lowest BCUT2D eigenvalue weighted by atomic mass is 10.1. The summed E-state index contributed by atoms with van der Waals surface area (Å²) in [6.45, 7) is 4.99. The lowest BCUT2D eigenvalue weighted by molar-refractivity contribution is 0.0953. The highest BCUT2D eigenvalue weighted by Crippen LogP contribution is 2.36. The number of carbonyl (C=O) groups is 2. The zero-order chi connectivity index (χ0) is 21.4. The van der Waals surface area contributed by atoms with Crippen LogP contribution in [0.2, 0.25) is 10.0 Å². The molecule has 0 aliphatic carbocycles. The molecule has 0 heterocycles. The topological polar surface area (TPSA) is 76.7 Å². The van der Waals surface area contributed by atoms with Crippen LogP contribution in [0.15, 0.2) is 30.3 Å². The lowest BCUT2D eigenvalue weighted by Crippen LogP contribution is -2.24. The van der Waals surface area contributed by atoms with Crippen molar-refractivity contribution in [3.05, 3.63) is 51.5 Å². The van der Waals surface area contributed by atoms with Crippen LogP contribution in [0, 0.1) is 0 Å². The van der Waals surface area contributed by atoms with E-state index < -0.39 is 5.91 Å². The van der Waals surface area contributed by atoms with Crippen molar-refractivity contribution < 1.29 is 19.1 Å². The monoisotopic (exact) mass is 438 g/mol. The van der Waals surface area contributed by atoms with Gasteiger partial charge in [0.25, 0.3) is 11.8 Å². The first kappa shape index (κ1) is 22.8. The Labute approximate surface area is 180 Å². The Morgan fingerprint density at radius 2 is 1.76 bits per heavy atom. The van der Waals surface area contributed by atoms with Gasteiger partial charge in [-0.25, -0.2) is 0 Å². The van der Waals surface area contributed by atoms with Gasteiger partial charge in [-0.05, 0) is 43.2 Å². The van der Waals surface area contributed by atoms with Crippen molar-refractivity contribution in [3.8, 4) is 11.5 Å². The van der Waals surface area contributed by atoms with Gasteiger partial charge in [-0.3, -0.25) is 9.59 Å². The van der Waals surface area contributed by atoms with Crippen LogP contribution in [0.4, 0.5) is 5.69 Å². The molecule has 2 aromatic rings. The van der Waals surface area contributed by atoms with Crippen molar-refractivity contribution >= 4 is 40.7 Å². The molecule has 0 aliphatic heterocycles.